The molecule has 0 aliphatic heterocycles. The molecule has 2 heteroatoms. The Kier molecular flexibility index (Phi) is 8.08. The van der Waals surface area contributed by atoms with Gasteiger partial charge in [-0.2, -0.15) is 0 Å². The van der Waals surface area contributed by atoms with E-state index in [0.717, 1.165) is 18.5 Å². The number of hydrogen-bond donors (Lipinski definition) is 0. The third-order valence-corrected chi connectivity index (χ3v) is 3.78. The van der Waals surface area contributed by atoms with Crippen LogP contribution in [0.2, 0.25) is 0 Å². The number of pyridine rings is 1. The Hall–Kier alpha value is -0.560. The maximum Gasteiger partial charge on any atom is 0.0447 e. The molecule has 0 spiro atoms. The monoisotopic (exact) mass is 267 g/mol. The van der Waals surface area contributed by atoms with E-state index in [1.165, 1.54) is 44.1 Å². The van der Waals surface area contributed by atoms with E-state index in [2.05, 4.69) is 24.9 Å². The van der Waals surface area contributed by atoms with Crippen molar-refractivity contribution in [3.05, 3.63) is 29.6 Å². The van der Waals surface area contributed by atoms with Crippen molar-refractivity contribution < 1.29 is 0 Å². The van der Waals surface area contributed by atoms with Crippen LogP contribution in [0.1, 0.15) is 63.1 Å². The minimum atomic E-state index is 0.241. The summed E-state index contributed by atoms with van der Waals surface area (Å²) < 4.78 is 0. The van der Waals surface area contributed by atoms with Gasteiger partial charge in [0.1, 0.15) is 0 Å². The molecule has 1 atom stereocenters. The molecule has 0 aliphatic carbocycles. The Balaban J connectivity index is 2.14. The average molecular weight is 268 g/mol. The Labute approximate surface area is 117 Å². The summed E-state index contributed by atoms with van der Waals surface area (Å²) in [5, 5.41) is 0.241. The van der Waals surface area contributed by atoms with Crippen molar-refractivity contribution in [1.29, 1.82) is 0 Å². The maximum atomic E-state index is 6.39. The average Bonchev–Trinajstić information content (AvgIpc) is 2.36. The zero-order valence-electron chi connectivity index (χ0n) is 11.8. The predicted octanol–water partition coefficient (Wildman–Crippen LogP) is 5.29. The molecular weight excluding hydrogens is 242 g/mol. The first-order valence-corrected chi connectivity index (χ1v) is 7.72. The van der Waals surface area contributed by atoms with Crippen molar-refractivity contribution in [2.24, 2.45) is 0 Å². The molecular formula is C16H26ClN. The van der Waals surface area contributed by atoms with Gasteiger partial charge in [-0.05, 0) is 25.0 Å². The molecule has 0 saturated carbocycles. The fraction of sp³-hybridized carbons (Fsp3) is 0.688. The van der Waals surface area contributed by atoms with E-state index in [1.54, 1.807) is 0 Å². The van der Waals surface area contributed by atoms with E-state index in [-0.39, 0.29) is 5.38 Å². The Morgan fingerprint density at radius 2 is 1.89 bits per heavy atom. The fourth-order valence-corrected chi connectivity index (χ4v) is 2.49. The summed E-state index contributed by atoms with van der Waals surface area (Å²) in [4.78, 5) is 4.40. The topological polar surface area (TPSA) is 12.9 Å². The number of unbranched alkanes of at least 4 members (excludes halogenated alkanes) is 5. The van der Waals surface area contributed by atoms with Gasteiger partial charge in [-0.1, -0.05) is 51.5 Å². The van der Waals surface area contributed by atoms with Crippen LogP contribution in [-0.2, 0) is 6.42 Å². The van der Waals surface area contributed by atoms with Gasteiger partial charge in [-0.15, -0.1) is 11.6 Å². The predicted molar refractivity (Wildman–Crippen MR) is 80.3 cm³/mol. The Bertz CT molecular complexity index is 325. The summed E-state index contributed by atoms with van der Waals surface area (Å²) in [6, 6.07) is 4.09. The van der Waals surface area contributed by atoms with Gasteiger partial charge < -0.3 is 0 Å². The van der Waals surface area contributed by atoms with Gasteiger partial charge in [0.05, 0.1) is 0 Å². The molecule has 1 rings (SSSR count). The molecule has 0 bridgehead atoms. The molecule has 0 N–H and O–H groups in total. The van der Waals surface area contributed by atoms with Gasteiger partial charge in [-0.3, -0.25) is 4.98 Å². The van der Waals surface area contributed by atoms with E-state index in [4.69, 9.17) is 11.6 Å². The number of halogens is 1. The first kappa shape index (κ1) is 15.5. The van der Waals surface area contributed by atoms with E-state index in [9.17, 15) is 0 Å². The number of hydrogen-bond acceptors (Lipinski definition) is 1. The Morgan fingerprint density at radius 3 is 2.61 bits per heavy atom. The number of rotatable bonds is 9. The smallest absolute Gasteiger partial charge is 0.0447 e. The van der Waals surface area contributed by atoms with Gasteiger partial charge in [0, 0.05) is 23.7 Å². The number of aryl methyl sites for hydroxylation is 1. The summed E-state index contributed by atoms with van der Waals surface area (Å²) in [5.41, 5.74) is 2.41. The molecule has 102 valence electrons. The summed E-state index contributed by atoms with van der Waals surface area (Å²) in [7, 11) is 0. The standard InChI is InChI=1S/C16H26ClN/c1-3-4-5-6-7-8-11-15(17)13-16-14(2)10-9-12-18-16/h9-10,12,15H,3-8,11,13H2,1-2H3. The lowest BCUT2D eigenvalue weighted by Crippen LogP contribution is -2.06. The van der Waals surface area contributed by atoms with Crippen LogP contribution in [-0.4, -0.2) is 10.4 Å². The minimum absolute atomic E-state index is 0.241. The highest BCUT2D eigenvalue weighted by atomic mass is 35.5. The molecule has 0 fully saturated rings. The highest BCUT2D eigenvalue weighted by molar-refractivity contribution is 6.20. The van der Waals surface area contributed by atoms with E-state index in [1.807, 2.05) is 12.3 Å². The van der Waals surface area contributed by atoms with E-state index >= 15 is 0 Å². The summed E-state index contributed by atoms with van der Waals surface area (Å²) in [6.45, 7) is 4.36. The third-order valence-electron chi connectivity index (χ3n) is 3.40. The van der Waals surface area contributed by atoms with Crippen molar-refractivity contribution in [3.8, 4) is 0 Å². The van der Waals surface area contributed by atoms with Crippen molar-refractivity contribution in [2.45, 2.75) is 70.6 Å². The van der Waals surface area contributed by atoms with Crippen LogP contribution in [0.5, 0.6) is 0 Å². The van der Waals surface area contributed by atoms with Crippen LogP contribution in [0.15, 0.2) is 18.3 Å². The SMILES string of the molecule is CCCCCCCCC(Cl)Cc1ncccc1C. The first-order valence-electron chi connectivity index (χ1n) is 7.28. The second-order valence-corrected chi connectivity index (χ2v) is 5.74. The maximum absolute atomic E-state index is 6.39. The van der Waals surface area contributed by atoms with Gasteiger partial charge in [0.2, 0.25) is 0 Å². The van der Waals surface area contributed by atoms with Crippen LogP contribution in [0.4, 0.5) is 0 Å². The normalized spacial score (nSPS) is 12.6. The lowest BCUT2D eigenvalue weighted by atomic mass is 10.0. The van der Waals surface area contributed by atoms with E-state index in [0.29, 0.717) is 0 Å². The largest absolute Gasteiger partial charge is 0.261 e. The molecule has 0 aliphatic rings. The first-order chi connectivity index (χ1) is 8.74. The van der Waals surface area contributed by atoms with Gasteiger partial charge in [0.15, 0.2) is 0 Å². The fourth-order valence-electron chi connectivity index (χ4n) is 2.19. The van der Waals surface area contributed by atoms with Crippen LogP contribution in [0, 0.1) is 6.92 Å². The van der Waals surface area contributed by atoms with Crippen LogP contribution in [0.25, 0.3) is 0 Å². The highest BCUT2D eigenvalue weighted by Crippen LogP contribution is 2.16. The van der Waals surface area contributed by atoms with Crippen LogP contribution in [0.3, 0.4) is 0 Å². The third kappa shape index (κ3) is 6.39. The molecule has 0 amide bonds. The number of nitrogens with zero attached hydrogens (tertiary/aromatic N) is 1. The molecule has 0 saturated heterocycles. The van der Waals surface area contributed by atoms with E-state index < -0.39 is 0 Å². The molecule has 1 aromatic heterocycles. The van der Waals surface area contributed by atoms with Crippen molar-refractivity contribution in [3.63, 3.8) is 0 Å². The lowest BCUT2D eigenvalue weighted by Gasteiger charge is -2.10. The Morgan fingerprint density at radius 1 is 1.17 bits per heavy atom. The van der Waals surface area contributed by atoms with Crippen molar-refractivity contribution in [2.75, 3.05) is 0 Å². The van der Waals surface area contributed by atoms with Gasteiger partial charge in [-0.25, -0.2) is 0 Å². The van der Waals surface area contributed by atoms with Gasteiger partial charge in [0.25, 0.3) is 0 Å². The zero-order chi connectivity index (χ0) is 13.2. The molecule has 1 heterocycles. The molecule has 1 unspecified atom stereocenters. The molecule has 1 nitrogen and oxygen atoms in total. The summed E-state index contributed by atoms with van der Waals surface area (Å²) >= 11 is 6.39. The summed E-state index contributed by atoms with van der Waals surface area (Å²) in [6.07, 6.45) is 11.9. The molecule has 0 aromatic carbocycles. The number of aromatic nitrogens is 1. The summed E-state index contributed by atoms with van der Waals surface area (Å²) in [5.74, 6) is 0. The second-order valence-electron chi connectivity index (χ2n) is 5.12. The molecule has 18 heavy (non-hydrogen) atoms. The quantitative estimate of drug-likeness (QED) is 0.438. The minimum Gasteiger partial charge on any atom is -0.261 e. The van der Waals surface area contributed by atoms with Crippen LogP contribution < -0.4 is 0 Å². The van der Waals surface area contributed by atoms with Crippen molar-refractivity contribution in [1.82, 2.24) is 4.98 Å². The van der Waals surface area contributed by atoms with Crippen LogP contribution >= 0.6 is 11.6 Å². The van der Waals surface area contributed by atoms with Gasteiger partial charge >= 0.3 is 0 Å². The number of alkyl halides is 1. The van der Waals surface area contributed by atoms with Crippen molar-refractivity contribution >= 4 is 11.6 Å². The lowest BCUT2D eigenvalue weighted by molar-refractivity contribution is 0.576. The second kappa shape index (κ2) is 9.38. The highest BCUT2D eigenvalue weighted by Gasteiger charge is 2.08. The zero-order valence-corrected chi connectivity index (χ0v) is 12.5. The molecule has 0 radical (unpaired) electrons. The molecule has 1 aromatic rings.